The molecule has 0 spiro atoms. The van der Waals surface area contributed by atoms with Crippen molar-refractivity contribution in [2.75, 3.05) is 20.2 Å². The van der Waals surface area contributed by atoms with Crippen molar-refractivity contribution in [1.82, 2.24) is 10.6 Å². The highest BCUT2D eigenvalue weighted by molar-refractivity contribution is 5.91. The Hall–Kier alpha value is -3.36. The number of fused-ring (bicyclic) bond motifs is 1. The lowest BCUT2D eigenvalue weighted by molar-refractivity contribution is -0.137. The number of aryl methyl sites for hydroxylation is 2. The first kappa shape index (κ1) is 20.0. The number of carbonyl (C=O) groups excluding carboxylic acids is 2. The number of carboxylic acid groups (broad SMARTS) is 1. The molecule has 0 aliphatic carbocycles. The lowest BCUT2D eigenvalue weighted by Crippen LogP contribution is -2.39. The zero-order valence-electron chi connectivity index (χ0n) is 15.2. The van der Waals surface area contributed by atoms with Gasteiger partial charge in [-0.2, -0.15) is 0 Å². The van der Waals surface area contributed by atoms with Gasteiger partial charge in [-0.3, -0.25) is 14.4 Å². The van der Waals surface area contributed by atoms with Gasteiger partial charge in [-0.05, 0) is 37.1 Å². The van der Waals surface area contributed by atoms with Gasteiger partial charge in [-0.25, -0.2) is 4.79 Å². The maximum absolute atomic E-state index is 12.3. The van der Waals surface area contributed by atoms with E-state index in [1.807, 2.05) is 6.92 Å². The number of benzene rings is 1. The number of rotatable bonds is 7. The van der Waals surface area contributed by atoms with Crippen molar-refractivity contribution in [1.29, 1.82) is 0 Å². The summed E-state index contributed by atoms with van der Waals surface area (Å²) in [5.41, 5.74) is 1.31. The fourth-order valence-electron chi connectivity index (χ4n) is 2.64. The van der Waals surface area contributed by atoms with Crippen LogP contribution < -0.4 is 21.0 Å². The predicted molar refractivity (Wildman–Crippen MR) is 95.9 cm³/mol. The van der Waals surface area contributed by atoms with E-state index in [-0.39, 0.29) is 12.0 Å². The second kappa shape index (κ2) is 8.35. The predicted octanol–water partition coefficient (Wildman–Crippen LogP) is 0.278. The van der Waals surface area contributed by atoms with Gasteiger partial charge in [-0.15, -0.1) is 0 Å². The second-order valence-corrected chi connectivity index (χ2v) is 5.96. The monoisotopic (exact) mass is 376 g/mol. The molecule has 0 bridgehead atoms. The minimum Gasteiger partial charge on any atom is -0.496 e. The van der Waals surface area contributed by atoms with Crippen molar-refractivity contribution >= 4 is 28.8 Å². The van der Waals surface area contributed by atoms with Gasteiger partial charge in [0.15, 0.2) is 0 Å². The van der Waals surface area contributed by atoms with Crippen molar-refractivity contribution in [3.63, 3.8) is 0 Å². The fraction of sp³-hybridized carbons (Fsp3) is 0.333. The van der Waals surface area contributed by atoms with Crippen LogP contribution in [0, 0.1) is 13.8 Å². The normalized spacial score (nSPS) is 10.5. The molecule has 1 heterocycles. The lowest BCUT2D eigenvalue weighted by Gasteiger charge is -2.12. The van der Waals surface area contributed by atoms with E-state index in [0.717, 1.165) is 5.56 Å². The number of carbonyl (C=O) groups is 3. The molecule has 1 aromatic carbocycles. The van der Waals surface area contributed by atoms with Crippen LogP contribution >= 0.6 is 0 Å². The average molecular weight is 376 g/mol. The van der Waals surface area contributed by atoms with Crippen molar-refractivity contribution in [3.8, 4) is 5.75 Å². The minimum atomic E-state index is -1.19. The molecular weight excluding hydrogens is 356 g/mol. The van der Waals surface area contributed by atoms with Gasteiger partial charge >= 0.3 is 11.6 Å². The van der Waals surface area contributed by atoms with Crippen LogP contribution in [0.1, 0.15) is 16.7 Å². The number of carboxylic acids is 1. The van der Waals surface area contributed by atoms with Crippen LogP contribution in [-0.4, -0.2) is 43.1 Å². The van der Waals surface area contributed by atoms with Gasteiger partial charge in [0.1, 0.15) is 17.9 Å². The highest BCUT2D eigenvalue weighted by Crippen LogP contribution is 2.30. The van der Waals surface area contributed by atoms with Crippen molar-refractivity contribution in [3.05, 3.63) is 39.2 Å². The van der Waals surface area contributed by atoms with Crippen molar-refractivity contribution in [2.45, 2.75) is 20.3 Å². The van der Waals surface area contributed by atoms with Crippen LogP contribution in [0.4, 0.5) is 0 Å². The number of nitrogens with one attached hydrogen (secondary N) is 2. The SMILES string of the molecule is COc1cc(C)cc2oc(=O)c(CC(=O)NCC(=O)NCC(=O)O)c(C)c12. The molecule has 0 saturated heterocycles. The summed E-state index contributed by atoms with van der Waals surface area (Å²) in [4.78, 5) is 46.2. The molecule has 3 N–H and O–H groups in total. The van der Waals surface area contributed by atoms with E-state index in [0.29, 0.717) is 22.3 Å². The Kier molecular flexibility index (Phi) is 6.17. The summed E-state index contributed by atoms with van der Waals surface area (Å²) in [6.45, 7) is 2.60. The maximum Gasteiger partial charge on any atom is 0.340 e. The Morgan fingerprint density at radius 1 is 1.11 bits per heavy atom. The summed E-state index contributed by atoms with van der Waals surface area (Å²) in [6.07, 6.45) is -0.284. The Morgan fingerprint density at radius 2 is 1.78 bits per heavy atom. The zero-order chi connectivity index (χ0) is 20.1. The van der Waals surface area contributed by atoms with Gasteiger partial charge in [-0.1, -0.05) is 0 Å². The van der Waals surface area contributed by atoms with Gasteiger partial charge in [0.05, 0.1) is 31.0 Å². The molecule has 0 aliphatic rings. The Labute approximate surface area is 154 Å². The highest BCUT2D eigenvalue weighted by Gasteiger charge is 2.18. The third-order valence-electron chi connectivity index (χ3n) is 3.93. The first-order valence-electron chi connectivity index (χ1n) is 8.09. The maximum atomic E-state index is 12.3. The molecule has 9 nitrogen and oxygen atoms in total. The summed E-state index contributed by atoms with van der Waals surface area (Å²) in [5.74, 6) is -1.88. The van der Waals surface area contributed by atoms with E-state index < -0.39 is 36.5 Å². The van der Waals surface area contributed by atoms with Gasteiger partial charge in [0, 0.05) is 0 Å². The fourth-order valence-corrected chi connectivity index (χ4v) is 2.64. The van der Waals surface area contributed by atoms with Gasteiger partial charge in [0.2, 0.25) is 11.8 Å². The molecule has 0 aliphatic heterocycles. The van der Waals surface area contributed by atoms with E-state index >= 15 is 0 Å². The minimum absolute atomic E-state index is 0.160. The van der Waals surface area contributed by atoms with E-state index in [1.54, 1.807) is 19.1 Å². The molecule has 144 valence electrons. The molecule has 0 radical (unpaired) electrons. The molecule has 27 heavy (non-hydrogen) atoms. The first-order valence-corrected chi connectivity index (χ1v) is 8.09. The Morgan fingerprint density at radius 3 is 2.41 bits per heavy atom. The van der Waals surface area contributed by atoms with Crippen LogP contribution in [0.15, 0.2) is 21.3 Å². The quantitative estimate of drug-likeness (QED) is 0.591. The van der Waals surface area contributed by atoms with E-state index in [4.69, 9.17) is 14.3 Å². The molecule has 0 unspecified atom stereocenters. The topological polar surface area (TPSA) is 135 Å². The number of amides is 2. The van der Waals surface area contributed by atoms with E-state index in [1.165, 1.54) is 7.11 Å². The molecule has 0 saturated carbocycles. The summed E-state index contributed by atoms with van der Waals surface area (Å²) in [7, 11) is 1.50. The van der Waals surface area contributed by atoms with Crippen LogP contribution in [0.5, 0.6) is 5.75 Å². The molecule has 1 aromatic heterocycles. The number of hydrogen-bond acceptors (Lipinski definition) is 6. The number of hydrogen-bond donors (Lipinski definition) is 3. The number of ether oxygens (including phenoxy) is 1. The summed E-state index contributed by atoms with van der Waals surface area (Å²) in [5, 5.41) is 13.5. The molecular formula is C18H20N2O7. The second-order valence-electron chi connectivity index (χ2n) is 5.96. The molecule has 2 aromatic rings. The van der Waals surface area contributed by atoms with Crippen LogP contribution in [0.25, 0.3) is 11.0 Å². The number of aliphatic carboxylic acids is 1. The molecule has 2 rings (SSSR count). The summed E-state index contributed by atoms with van der Waals surface area (Å²) < 4.78 is 10.7. The largest absolute Gasteiger partial charge is 0.496 e. The average Bonchev–Trinajstić information content (AvgIpc) is 2.60. The van der Waals surface area contributed by atoms with Crippen molar-refractivity contribution in [2.24, 2.45) is 0 Å². The third kappa shape index (κ3) is 4.84. The standard InChI is InChI=1S/C18H20N2O7/c1-9-4-12(26-3)17-10(2)11(18(25)27-13(17)5-9)6-14(21)19-7-15(22)20-8-16(23)24/h4-5H,6-8H2,1-3H3,(H,19,21)(H,20,22)(H,23,24). The summed E-state index contributed by atoms with van der Waals surface area (Å²) >= 11 is 0. The molecule has 0 fully saturated rings. The van der Waals surface area contributed by atoms with E-state index in [2.05, 4.69) is 10.6 Å². The summed E-state index contributed by atoms with van der Waals surface area (Å²) in [6, 6.07) is 3.51. The zero-order valence-corrected chi connectivity index (χ0v) is 15.2. The first-order chi connectivity index (χ1) is 12.7. The van der Waals surface area contributed by atoms with Crippen molar-refractivity contribution < 1.29 is 28.6 Å². The lowest BCUT2D eigenvalue weighted by atomic mass is 10.0. The number of methoxy groups -OCH3 is 1. The van der Waals surface area contributed by atoms with Gasteiger partial charge in [0.25, 0.3) is 0 Å². The van der Waals surface area contributed by atoms with Gasteiger partial charge < -0.3 is 24.9 Å². The Bertz CT molecular complexity index is 962. The molecule has 9 heteroatoms. The smallest absolute Gasteiger partial charge is 0.340 e. The molecule has 2 amide bonds. The van der Waals surface area contributed by atoms with Crippen LogP contribution in [0.2, 0.25) is 0 Å². The van der Waals surface area contributed by atoms with E-state index in [9.17, 15) is 19.2 Å². The third-order valence-corrected chi connectivity index (χ3v) is 3.93. The molecule has 0 atom stereocenters. The van der Waals surface area contributed by atoms with Crippen LogP contribution in [-0.2, 0) is 20.8 Å². The highest BCUT2D eigenvalue weighted by atomic mass is 16.5. The Balaban J connectivity index is 2.20. The van der Waals surface area contributed by atoms with Crippen LogP contribution in [0.3, 0.4) is 0 Å².